The molecule has 0 radical (unpaired) electrons. The van der Waals surface area contributed by atoms with Crippen LogP contribution in [0.4, 0.5) is 8.78 Å². The molecule has 22 heavy (non-hydrogen) atoms. The van der Waals surface area contributed by atoms with Crippen molar-refractivity contribution in [2.24, 2.45) is 10.8 Å². The van der Waals surface area contributed by atoms with Gasteiger partial charge in [-0.3, -0.25) is 5.43 Å². The van der Waals surface area contributed by atoms with E-state index in [0.29, 0.717) is 18.0 Å². The van der Waals surface area contributed by atoms with Gasteiger partial charge in [-0.05, 0) is 36.7 Å². The number of hydrazone groups is 1. The van der Waals surface area contributed by atoms with Gasteiger partial charge in [0.1, 0.15) is 21.5 Å². The van der Waals surface area contributed by atoms with Crippen molar-refractivity contribution in [1.29, 1.82) is 0 Å². The van der Waals surface area contributed by atoms with Crippen LogP contribution in [0.15, 0.2) is 53.6 Å². The van der Waals surface area contributed by atoms with Gasteiger partial charge >= 0.3 is 0 Å². The molecule has 3 N–H and O–H groups in total. The second kappa shape index (κ2) is 6.06. The smallest absolute Gasteiger partial charge is 0.133 e. The molecule has 0 aliphatic carbocycles. The Morgan fingerprint density at radius 1 is 1.14 bits per heavy atom. The van der Waals surface area contributed by atoms with Crippen molar-refractivity contribution in [3.8, 4) is 0 Å². The minimum atomic E-state index is -0.551. The molecule has 114 valence electrons. The summed E-state index contributed by atoms with van der Waals surface area (Å²) in [6.45, 7) is 0.448. The molecule has 1 aliphatic rings. The van der Waals surface area contributed by atoms with Crippen LogP contribution in [0, 0.1) is 11.6 Å². The Morgan fingerprint density at radius 2 is 1.91 bits per heavy atom. The number of nitrogens with one attached hydrogen (secondary N) is 1. The Balaban J connectivity index is 1.95. The summed E-state index contributed by atoms with van der Waals surface area (Å²) in [6, 6.07) is 13.1. The van der Waals surface area contributed by atoms with E-state index in [1.807, 2.05) is 30.3 Å². The van der Waals surface area contributed by atoms with Crippen molar-refractivity contribution < 1.29 is 8.78 Å². The van der Waals surface area contributed by atoms with Gasteiger partial charge in [0.25, 0.3) is 0 Å². The molecular weight excluding hydrogens is 304 g/mol. The number of nitrogens with two attached hydrogens (primary N) is 1. The average Bonchev–Trinajstić information content (AvgIpc) is 2.96. The molecule has 1 aliphatic heterocycles. The summed E-state index contributed by atoms with van der Waals surface area (Å²) in [4.78, 5) is -0.551. The standard InChI is InChI=1S/C16H15F2N3S/c17-12-6-7-14(18)13(10-12)15-20-21-16(22-15,8-9-19)11-4-2-1-3-5-11/h1-7,10,21H,8-9,19H2. The van der Waals surface area contributed by atoms with Gasteiger partial charge in [0.15, 0.2) is 0 Å². The number of hydrogen-bond donors (Lipinski definition) is 2. The quantitative estimate of drug-likeness (QED) is 0.910. The molecular formula is C16H15F2N3S. The summed E-state index contributed by atoms with van der Waals surface area (Å²) < 4.78 is 27.3. The van der Waals surface area contributed by atoms with E-state index >= 15 is 0 Å². The molecule has 0 saturated heterocycles. The van der Waals surface area contributed by atoms with Crippen molar-refractivity contribution in [2.45, 2.75) is 11.3 Å². The molecule has 0 aromatic heterocycles. The lowest BCUT2D eigenvalue weighted by Crippen LogP contribution is -2.35. The third-order valence-corrected chi connectivity index (χ3v) is 4.89. The number of rotatable bonds is 4. The maximum Gasteiger partial charge on any atom is 0.133 e. The van der Waals surface area contributed by atoms with Crippen LogP contribution in [-0.2, 0) is 4.87 Å². The number of hydrogen-bond acceptors (Lipinski definition) is 4. The largest absolute Gasteiger partial charge is 0.330 e. The van der Waals surface area contributed by atoms with Crippen molar-refractivity contribution in [1.82, 2.24) is 5.43 Å². The summed E-state index contributed by atoms with van der Waals surface area (Å²) in [6.07, 6.45) is 0.617. The van der Waals surface area contributed by atoms with Gasteiger partial charge in [0.05, 0.1) is 0 Å². The molecule has 2 aromatic rings. The van der Waals surface area contributed by atoms with Gasteiger partial charge in [-0.1, -0.05) is 42.1 Å². The molecule has 0 bridgehead atoms. The third kappa shape index (κ3) is 2.71. The van der Waals surface area contributed by atoms with E-state index in [2.05, 4.69) is 10.5 Å². The Labute approximate surface area is 131 Å². The highest BCUT2D eigenvalue weighted by atomic mass is 32.2. The lowest BCUT2D eigenvalue weighted by atomic mass is 10.0. The first-order valence-electron chi connectivity index (χ1n) is 6.89. The second-order valence-electron chi connectivity index (χ2n) is 4.99. The van der Waals surface area contributed by atoms with E-state index < -0.39 is 16.5 Å². The van der Waals surface area contributed by atoms with Crippen molar-refractivity contribution in [2.75, 3.05) is 6.54 Å². The number of thioether (sulfide) groups is 1. The van der Waals surface area contributed by atoms with Crippen LogP contribution < -0.4 is 11.2 Å². The van der Waals surface area contributed by atoms with Crippen molar-refractivity contribution in [3.05, 3.63) is 71.3 Å². The summed E-state index contributed by atoms with van der Waals surface area (Å²) in [5.74, 6) is -0.984. The lowest BCUT2D eigenvalue weighted by Gasteiger charge is -2.28. The van der Waals surface area contributed by atoms with Crippen LogP contribution in [0.1, 0.15) is 17.5 Å². The molecule has 3 rings (SSSR count). The van der Waals surface area contributed by atoms with Gasteiger partial charge in [0.2, 0.25) is 0 Å². The van der Waals surface area contributed by atoms with Crippen molar-refractivity contribution >= 4 is 16.8 Å². The van der Waals surface area contributed by atoms with E-state index in [9.17, 15) is 8.78 Å². The number of nitrogens with zero attached hydrogens (tertiary/aromatic N) is 1. The molecule has 1 atom stereocenters. The van der Waals surface area contributed by atoms with Gasteiger partial charge < -0.3 is 5.73 Å². The molecule has 6 heteroatoms. The predicted octanol–water partition coefficient (Wildman–Crippen LogP) is 3.16. The van der Waals surface area contributed by atoms with Crippen LogP contribution in [0.2, 0.25) is 0 Å². The summed E-state index contributed by atoms with van der Waals surface area (Å²) in [7, 11) is 0. The van der Waals surface area contributed by atoms with E-state index in [4.69, 9.17) is 5.73 Å². The van der Waals surface area contributed by atoms with Crippen LogP contribution in [0.3, 0.4) is 0 Å². The van der Waals surface area contributed by atoms with Crippen LogP contribution in [-0.4, -0.2) is 11.6 Å². The minimum absolute atomic E-state index is 0.160. The summed E-state index contributed by atoms with van der Waals surface area (Å²) in [5.41, 5.74) is 9.96. The maximum atomic E-state index is 13.9. The Hall–Kier alpha value is -1.92. The highest BCUT2D eigenvalue weighted by Gasteiger charge is 2.39. The Morgan fingerprint density at radius 3 is 2.64 bits per heavy atom. The van der Waals surface area contributed by atoms with Gasteiger partial charge in [-0.2, -0.15) is 5.10 Å². The monoisotopic (exact) mass is 319 g/mol. The zero-order valence-corrected chi connectivity index (χ0v) is 12.5. The van der Waals surface area contributed by atoms with Gasteiger partial charge in [-0.25, -0.2) is 8.78 Å². The van der Waals surface area contributed by atoms with Crippen LogP contribution in [0.5, 0.6) is 0 Å². The fraction of sp³-hybridized carbons (Fsp3) is 0.188. The molecule has 0 amide bonds. The van der Waals surface area contributed by atoms with E-state index in [1.165, 1.54) is 11.8 Å². The van der Waals surface area contributed by atoms with Crippen LogP contribution >= 0.6 is 11.8 Å². The third-order valence-electron chi connectivity index (χ3n) is 3.50. The van der Waals surface area contributed by atoms with E-state index in [0.717, 1.165) is 23.8 Å². The van der Waals surface area contributed by atoms with E-state index in [1.54, 1.807) is 0 Å². The molecule has 2 aromatic carbocycles. The Bertz CT molecular complexity index is 706. The summed E-state index contributed by atoms with van der Waals surface area (Å²) >= 11 is 1.36. The molecule has 1 unspecified atom stereocenters. The first-order valence-corrected chi connectivity index (χ1v) is 7.71. The molecule has 0 spiro atoms. The SMILES string of the molecule is NCCC1(c2ccccc2)NN=C(c2cc(F)ccc2F)S1. The lowest BCUT2D eigenvalue weighted by molar-refractivity contribution is 0.484. The first-order chi connectivity index (χ1) is 10.6. The first kappa shape index (κ1) is 15.0. The topological polar surface area (TPSA) is 50.4 Å². The van der Waals surface area contributed by atoms with Crippen LogP contribution in [0.25, 0.3) is 0 Å². The fourth-order valence-corrected chi connectivity index (χ4v) is 3.67. The average molecular weight is 319 g/mol. The van der Waals surface area contributed by atoms with Gasteiger partial charge in [-0.15, -0.1) is 0 Å². The highest BCUT2D eigenvalue weighted by molar-refractivity contribution is 8.15. The van der Waals surface area contributed by atoms with Crippen molar-refractivity contribution in [3.63, 3.8) is 0 Å². The normalized spacial score (nSPS) is 20.6. The zero-order valence-electron chi connectivity index (χ0n) is 11.7. The van der Waals surface area contributed by atoms with Gasteiger partial charge in [0, 0.05) is 5.56 Å². The predicted molar refractivity (Wildman–Crippen MR) is 85.4 cm³/mol. The second-order valence-corrected chi connectivity index (χ2v) is 6.27. The minimum Gasteiger partial charge on any atom is -0.330 e. The maximum absolute atomic E-state index is 13.9. The zero-order chi connectivity index (χ0) is 15.6. The summed E-state index contributed by atoms with van der Waals surface area (Å²) in [5, 5.41) is 4.65. The fourth-order valence-electron chi connectivity index (χ4n) is 2.41. The molecule has 3 nitrogen and oxygen atoms in total. The number of halogens is 2. The van der Waals surface area contributed by atoms with E-state index in [-0.39, 0.29) is 5.56 Å². The molecule has 1 heterocycles. The number of benzene rings is 2. The Kier molecular flexibility index (Phi) is 4.13. The molecule has 0 saturated carbocycles. The molecule has 0 fully saturated rings. The highest BCUT2D eigenvalue weighted by Crippen LogP contribution is 2.43.